The zero-order valence-corrected chi connectivity index (χ0v) is 8.79. The summed E-state index contributed by atoms with van der Waals surface area (Å²) < 4.78 is 0. The highest BCUT2D eigenvalue weighted by molar-refractivity contribution is 6.07. The van der Waals surface area contributed by atoms with Crippen LogP contribution < -0.4 is 11.1 Å². The molecule has 5 heteroatoms. The van der Waals surface area contributed by atoms with E-state index in [4.69, 9.17) is 5.73 Å². The average molecular weight is 211 g/mol. The Kier molecular flexibility index (Phi) is 2.65. The average Bonchev–Trinajstić information content (AvgIpc) is 2.45. The second-order valence-corrected chi connectivity index (χ2v) is 4.32. The summed E-state index contributed by atoms with van der Waals surface area (Å²) in [5.74, 6) is -0.0716. The van der Waals surface area contributed by atoms with Crippen LogP contribution in [-0.2, 0) is 4.79 Å². The maximum absolute atomic E-state index is 12.1. The fraction of sp³-hybridized carbons (Fsp3) is 0.800. The second kappa shape index (κ2) is 3.81. The minimum absolute atomic E-state index is 0.0716. The second-order valence-electron chi connectivity index (χ2n) is 4.32. The number of nitrogens with two attached hydrogens (primary N) is 1. The van der Waals surface area contributed by atoms with Gasteiger partial charge in [-0.15, -0.1) is 0 Å². The summed E-state index contributed by atoms with van der Waals surface area (Å²) in [6.07, 6.45) is 4.74. The third kappa shape index (κ3) is 1.61. The number of carbonyl (C=O) groups is 2. The topological polar surface area (TPSA) is 75.4 Å². The zero-order chi connectivity index (χ0) is 10.9. The first kappa shape index (κ1) is 10.4. The van der Waals surface area contributed by atoms with Crippen LogP contribution in [0.5, 0.6) is 0 Å². The molecule has 15 heavy (non-hydrogen) atoms. The molecule has 1 saturated carbocycles. The van der Waals surface area contributed by atoms with E-state index >= 15 is 0 Å². The molecule has 5 nitrogen and oxygen atoms in total. The third-order valence-electron chi connectivity index (χ3n) is 3.31. The van der Waals surface area contributed by atoms with Gasteiger partial charge >= 0.3 is 6.03 Å². The number of hydrogen-bond acceptors (Lipinski definition) is 3. The van der Waals surface area contributed by atoms with Crippen LogP contribution in [0.2, 0.25) is 0 Å². The quantitative estimate of drug-likeness (QED) is 0.641. The van der Waals surface area contributed by atoms with Crippen molar-refractivity contribution in [3.8, 4) is 0 Å². The van der Waals surface area contributed by atoms with Gasteiger partial charge in [0.25, 0.3) is 5.91 Å². The summed E-state index contributed by atoms with van der Waals surface area (Å²) in [6.45, 7) is 0.654. The van der Waals surface area contributed by atoms with Crippen LogP contribution in [0.4, 0.5) is 4.79 Å². The summed E-state index contributed by atoms with van der Waals surface area (Å²) in [5, 5.41) is 2.84. The van der Waals surface area contributed by atoms with Gasteiger partial charge in [0.2, 0.25) is 0 Å². The minimum atomic E-state index is -0.593. The normalized spacial score (nSPS) is 24.7. The van der Waals surface area contributed by atoms with E-state index < -0.39 is 5.54 Å². The molecule has 2 rings (SSSR count). The number of nitrogens with zero attached hydrogens (tertiary/aromatic N) is 1. The van der Waals surface area contributed by atoms with E-state index in [1.807, 2.05) is 0 Å². The SMILES string of the molecule is NCCN1C(=O)NC2(CCCCC2)C1=O. The van der Waals surface area contributed by atoms with Gasteiger partial charge in [-0.25, -0.2) is 4.79 Å². The lowest BCUT2D eigenvalue weighted by Gasteiger charge is -2.30. The molecule has 0 radical (unpaired) electrons. The lowest BCUT2D eigenvalue weighted by atomic mass is 9.82. The minimum Gasteiger partial charge on any atom is -0.329 e. The largest absolute Gasteiger partial charge is 0.329 e. The van der Waals surface area contributed by atoms with Crippen molar-refractivity contribution in [2.75, 3.05) is 13.1 Å². The van der Waals surface area contributed by atoms with Crippen LogP contribution in [0.3, 0.4) is 0 Å². The van der Waals surface area contributed by atoms with Gasteiger partial charge in [-0.2, -0.15) is 0 Å². The zero-order valence-electron chi connectivity index (χ0n) is 8.79. The maximum atomic E-state index is 12.1. The Hall–Kier alpha value is -1.10. The van der Waals surface area contributed by atoms with Gasteiger partial charge in [-0.3, -0.25) is 9.69 Å². The van der Waals surface area contributed by atoms with E-state index in [0.29, 0.717) is 13.1 Å². The van der Waals surface area contributed by atoms with Crippen LogP contribution in [0.1, 0.15) is 32.1 Å². The van der Waals surface area contributed by atoms with Crippen molar-refractivity contribution >= 4 is 11.9 Å². The number of amides is 3. The highest BCUT2D eigenvalue weighted by Gasteiger charge is 2.50. The standard InChI is InChI=1S/C10H17N3O2/c11-6-7-13-8(14)10(12-9(13)15)4-2-1-3-5-10/h1-7,11H2,(H,12,15). The Bertz CT molecular complexity index is 284. The Labute approximate surface area is 89.0 Å². The molecule has 2 aliphatic rings. The van der Waals surface area contributed by atoms with Gasteiger partial charge in [-0.05, 0) is 12.8 Å². The molecule has 2 fully saturated rings. The predicted octanol–water partition coefficient (Wildman–Crippen LogP) is 0.200. The van der Waals surface area contributed by atoms with Crippen LogP contribution in [0, 0.1) is 0 Å². The van der Waals surface area contributed by atoms with Crippen molar-refractivity contribution in [1.82, 2.24) is 10.2 Å². The number of imide groups is 1. The Balaban J connectivity index is 2.15. The number of hydrogen-bond donors (Lipinski definition) is 2. The molecule has 1 spiro atoms. The molecule has 0 aromatic carbocycles. The summed E-state index contributed by atoms with van der Waals surface area (Å²) in [4.78, 5) is 24.9. The highest BCUT2D eigenvalue weighted by atomic mass is 16.2. The van der Waals surface area contributed by atoms with E-state index in [1.165, 1.54) is 4.90 Å². The van der Waals surface area contributed by atoms with Gasteiger partial charge in [0.1, 0.15) is 5.54 Å². The molecule has 1 heterocycles. The van der Waals surface area contributed by atoms with Crippen molar-refractivity contribution < 1.29 is 9.59 Å². The molecule has 3 N–H and O–H groups in total. The number of carbonyl (C=O) groups excluding carboxylic acids is 2. The van der Waals surface area contributed by atoms with E-state index in [0.717, 1.165) is 32.1 Å². The van der Waals surface area contributed by atoms with Crippen molar-refractivity contribution in [2.24, 2.45) is 5.73 Å². The summed E-state index contributed by atoms with van der Waals surface area (Å²) in [6, 6.07) is -0.271. The van der Waals surface area contributed by atoms with Gasteiger partial charge in [0.15, 0.2) is 0 Å². The number of nitrogens with one attached hydrogen (secondary N) is 1. The predicted molar refractivity (Wildman–Crippen MR) is 55.1 cm³/mol. The molecule has 0 bridgehead atoms. The monoisotopic (exact) mass is 211 g/mol. The molecule has 1 aliphatic heterocycles. The Morgan fingerprint density at radius 2 is 1.93 bits per heavy atom. The molecule has 3 amide bonds. The summed E-state index contributed by atoms with van der Waals surface area (Å²) >= 11 is 0. The lowest BCUT2D eigenvalue weighted by Crippen LogP contribution is -2.48. The molecule has 0 aromatic heterocycles. The van der Waals surface area contributed by atoms with Crippen molar-refractivity contribution in [3.05, 3.63) is 0 Å². The van der Waals surface area contributed by atoms with E-state index in [-0.39, 0.29) is 11.9 Å². The van der Waals surface area contributed by atoms with Crippen molar-refractivity contribution in [1.29, 1.82) is 0 Å². The van der Waals surface area contributed by atoms with Crippen molar-refractivity contribution in [2.45, 2.75) is 37.6 Å². The van der Waals surface area contributed by atoms with Crippen LogP contribution in [0.15, 0.2) is 0 Å². The maximum Gasteiger partial charge on any atom is 0.325 e. The summed E-state index contributed by atoms with van der Waals surface area (Å²) in [7, 11) is 0. The fourth-order valence-electron chi connectivity index (χ4n) is 2.50. The van der Waals surface area contributed by atoms with Gasteiger partial charge in [0.05, 0.1) is 0 Å². The molecule has 0 unspecified atom stereocenters. The smallest absolute Gasteiger partial charge is 0.325 e. The number of rotatable bonds is 2. The van der Waals surface area contributed by atoms with Gasteiger partial charge in [0, 0.05) is 13.1 Å². The van der Waals surface area contributed by atoms with Crippen LogP contribution in [0.25, 0.3) is 0 Å². The summed E-state index contributed by atoms with van der Waals surface area (Å²) in [5.41, 5.74) is 4.78. The Morgan fingerprint density at radius 1 is 1.27 bits per heavy atom. The Morgan fingerprint density at radius 3 is 2.53 bits per heavy atom. The van der Waals surface area contributed by atoms with Crippen molar-refractivity contribution in [3.63, 3.8) is 0 Å². The molecule has 1 saturated heterocycles. The highest BCUT2D eigenvalue weighted by Crippen LogP contribution is 2.33. The van der Waals surface area contributed by atoms with Crippen LogP contribution in [-0.4, -0.2) is 35.5 Å². The first-order valence-corrected chi connectivity index (χ1v) is 5.54. The molecule has 0 aromatic rings. The molecule has 1 aliphatic carbocycles. The van der Waals surface area contributed by atoms with Gasteiger partial charge in [-0.1, -0.05) is 19.3 Å². The lowest BCUT2D eigenvalue weighted by molar-refractivity contribution is -0.132. The molecule has 0 atom stereocenters. The first-order chi connectivity index (χ1) is 7.19. The molecular formula is C10H17N3O2. The third-order valence-corrected chi connectivity index (χ3v) is 3.31. The van der Waals surface area contributed by atoms with Gasteiger partial charge < -0.3 is 11.1 Å². The molecule has 84 valence electrons. The first-order valence-electron chi connectivity index (χ1n) is 5.54. The van der Waals surface area contributed by atoms with E-state index in [2.05, 4.69) is 5.32 Å². The molecular weight excluding hydrogens is 194 g/mol. The number of urea groups is 1. The van der Waals surface area contributed by atoms with Crippen LogP contribution >= 0.6 is 0 Å². The van der Waals surface area contributed by atoms with E-state index in [9.17, 15) is 9.59 Å². The van der Waals surface area contributed by atoms with E-state index in [1.54, 1.807) is 0 Å². The fourth-order valence-corrected chi connectivity index (χ4v) is 2.50.